The molecule has 0 aromatic rings. The van der Waals surface area contributed by atoms with E-state index in [-0.39, 0.29) is 5.57 Å². The maximum atomic E-state index is 8.61. The molecule has 0 amide bonds. The molecular weight excluding hydrogens is 202 g/mol. The first kappa shape index (κ1) is 12.0. The first-order valence-electron chi connectivity index (χ1n) is 5.15. The first-order chi connectivity index (χ1) is 7.80. The molecule has 5 nitrogen and oxygen atoms in total. The van der Waals surface area contributed by atoms with Crippen LogP contribution < -0.4 is 0 Å². The van der Waals surface area contributed by atoms with Gasteiger partial charge in [-0.25, -0.2) is 0 Å². The second-order valence-corrected chi connectivity index (χ2v) is 3.55. The van der Waals surface area contributed by atoms with Crippen molar-refractivity contribution in [2.45, 2.75) is 6.42 Å². The van der Waals surface area contributed by atoms with Gasteiger partial charge in [0, 0.05) is 45.3 Å². The lowest BCUT2D eigenvalue weighted by atomic mass is 10.3. The van der Waals surface area contributed by atoms with Crippen LogP contribution in [0.15, 0.2) is 11.8 Å². The van der Waals surface area contributed by atoms with E-state index in [0.29, 0.717) is 6.42 Å². The van der Waals surface area contributed by atoms with Gasteiger partial charge in [0.15, 0.2) is 0 Å². The minimum atomic E-state index is 0.144. The summed E-state index contributed by atoms with van der Waals surface area (Å²) in [5.74, 6) is 0. The lowest BCUT2D eigenvalue weighted by molar-refractivity contribution is 0.171. The Balaban J connectivity index is 2.39. The molecule has 0 N–H and O–H groups in total. The average molecular weight is 215 g/mol. The molecule has 0 aromatic heterocycles. The first-order valence-corrected chi connectivity index (χ1v) is 5.15. The van der Waals surface area contributed by atoms with Crippen LogP contribution in [-0.4, -0.2) is 42.5 Å². The number of piperazine rings is 1. The van der Waals surface area contributed by atoms with Crippen molar-refractivity contribution in [3.63, 3.8) is 0 Å². The molecular formula is C11H13N5. The van der Waals surface area contributed by atoms with Gasteiger partial charge in [0.1, 0.15) is 17.7 Å². The predicted molar refractivity (Wildman–Crippen MR) is 57.6 cm³/mol. The zero-order valence-electron chi connectivity index (χ0n) is 9.06. The Bertz CT molecular complexity index is 355. The van der Waals surface area contributed by atoms with Crippen LogP contribution in [0, 0.1) is 34.0 Å². The molecule has 1 saturated heterocycles. The van der Waals surface area contributed by atoms with Gasteiger partial charge >= 0.3 is 0 Å². The summed E-state index contributed by atoms with van der Waals surface area (Å²) in [4.78, 5) is 4.19. The number of hydrogen-bond donors (Lipinski definition) is 0. The summed E-state index contributed by atoms with van der Waals surface area (Å²) in [6.07, 6.45) is 2.17. The van der Waals surface area contributed by atoms with Crippen LogP contribution in [0.2, 0.25) is 0 Å². The minimum Gasteiger partial charge on any atom is -0.373 e. The van der Waals surface area contributed by atoms with Gasteiger partial charge < -0.3 is 4.90 Å². The van der Waals surface area contributed by atoms with Gasteiger partial charge in [-0.1, -0.05) is 0 Å². The molecule has 1 fully saturated rings. The summed E-state index contributed by atoms with van der Waals surface area (Å²) < 4.78 is 0. The molecule has 82 valence electrons. The molecule has 16 heavy (non-hydrogen) atoms. The lowest BCUT2D eigenvalue weighted by Gasteiger charge is -2.33. The molecule has 0 spiro atoms. The molecule has 0 bridgehead atoms. The van der Waals surface area contributed by atoms with Crippen molar-refractivity contribution in [1.82, 2.24) is 9.80 Å². The highest BCUT2D eigenvalue weighted by Gasteiger charge is 2.14. The molecule has 1 rings (SSSR count). The standard InChI is InChI=1S/C11H13N5/c12-2-1-3-15-4-6-16(7-5-15)10-11(8-13)9-14/h10H,1,3-7H2. The fraction of sp³-hybridized carbons (Fsp3) is 0.545. The van der Waals surface area contributed by atoms with Crippen molar-refractivity contribution < 1.29 is 0 Å². The zero-order valence-corrected chi connectivity index (χ0v) is 9.06. The van der Waals surface area contributed by atoms with Crippen LogP contribution in [0.5, 0.6) is 0 Å². The largest absolute Gasteiger partial charge is 0.373 e. The molecule has 1 aliphatic heterocycles. The van der Waals surface area contributed by atoms with E-state index in [9.17, 15) is 0 Å². The maximum absolute atomic E-state index is 8.61. The molecule has 1 heterocycles. The van der Waals surface area contributed by atoms with Crippen molar-refractivity contribution in [2.24, 2.45) is 0 Å². The molecule has 5 heteroatoms. The number of hydrogen-bond acceptors (Lipinski definition) is 5. The molecule has 0 radical (unpaired) electrons. The molecule has 0 aliphatic carbocycles. The second-order valence-electron chi connectivity index (χ2n) is 3.55. The van der Waals surface area contributed by atoms with Gasteiger partial charge in [-0.2, -0.15) is 15.8 Å². The van der Waals surface area contributed by atoms with E-state index in [0.717, 1.165) is 32.7 Å². The van der Waals surface area contributed by atoms with Gasteiger partial charge in [0.25, 0.3) is 0 Å². The Morgan fingerprint density at radius 2 is 1.69 bits per heavy atom. The molecule has 0 atom stereocenters. The normalized spacial score (nSPS) is 15.7. The van der Waals surface area contributed by atoms with E-state index in [1.165, 1.54) is 0 Å². The van der Waals surface area contributed by atoms with Gasteiger partial charge in [-0.15, -0.1) is 0 Å². The molecule has 0 aromatic carbocycles. The van der Waals surface area contributed by atoms with E-state index >= 15 is 0 Å². The Hall–Kier alpha value is -2.03. The van der Waals surface area contributed by atoms with Gasteiger partial charge in [-0.3, -0.25) is 4.90 Å². The van der Waals surface area contributed by atoms with Gasteiger partial charge in [0.2, 0.25) is 0 Å². The van der Waals surface area contributed by atoms with Crippen molar-refractivity contribution in [3.8, 4) is 18.2 Å². The van der Waals surface area contributed by atoms with Crippen LogP contribution in [0.3, 0.4) is 0 Å². The van der Waals surface area contributed by atoms with Gasteiger partial charge in [-0.05, 0) is 0 Å². The Morgan fingerprint density at radius 3 is 2.19 bits per heavy atom. The Kier molecular flexibility index (Phi) is 4.86. The molecule has 1 aliphatic rings. The fourth-order valence-electron chi connectivity index (χ4n) is 1.59. The highest BCUT2D eigenvalue weighted by atomic mass is 15.2. The number of allylic oxidation sites excluding steroid dienone is 1. The third kappa shape index (κ3) is 3.61. The van der Waals surface area contributed by atoms with Crippen LogP contribution in [-0.2, 0) is 0 Å². The molecule has 0 unspecified atom stereocenters. The highest BCUT2D eigenvalue weighted by molar-refractivity contribution is 5.34. The summed E-state index contributed by atoms with van der Waals surface area (Å²) in [6, 6.07) is 5.82. The van der Waals surface area contributed by atoms with Crippen molar-refractivity contribution >= 4 is 0 Å². The number of rotatable bonds is 3. The van der Waals surface area contributed by atoms with E-state index < -0.39 is 0 Å². The second kappa shape index (κ2) is 6.45. The Labute approximate surface area is 95.4 Å². The quantitative estimate of drug-likeness (QED) is 0.639. The van der Waals surface area contributed by atoms with Crippen molar-refractivity contribution in [3.05, 3.63) is 11.8 Å². The maximum Gasteiger partial charge on any atom is 0.145 e. The van der Waals surface area contributed by atoms with Crippen molar-refractivity contribution in [2.75, 3.05) is 32.7 Å². The fourth-order valence-corrected chi connectivity index (χ4v) is 1.59. The summed E-state index contributed by atoms with van der Waals surface area (Å²) in [5, 5.41) is 25.7. The highest BCUT2D eigenvalue weighted by Crippen LogP contribution is 2.04. The monoisotopic (exact) mass is 215 g/mol. The van der Waals surface area contributed by atoms with Crippen LogP contribution in [0.4, 0.5) is 0 Å². The summed E-state index contributed by atoms with van der Waals surface area (Å²) >= 11 is 0. The minimum absolute atomic E-state index is 0.144. The van der Waals surface area contributed by atoms with Gasteiger partial charge in [0.05, 0.1) is 6.07 Å². The van der Waals surface area contributed by atoms with Crippen LogP contribution >= 0.6 is 0 Å². The average Bonchev–Trinajstić information content (AvgIpc) is 2.35. The lowest BCUT2D eigenvalue weighted by Crippen LogP contribution is -2.44. The van der Waals surface area contributed by atoms with Crippen molar-refractivity contribution in [1.29, 1.82) is 15.8 Å². The topological polar surface area (TPSA) is 77.8 Å². The summed E-state index contributed by atoms with van der Waals surface area (Å²) in [6.45, 7) is 4.17. The van der Waals surface area contributed by atoms with E-state index in [1.54, 1.807) is 6.20 Å². The van der Waals surface area contributed by atoms with E-state index in [2.05, 4.69) is 11.0 Å². The third-order valence-corrected chi connectivity index (χ3v) is 2.50. The van der Waals surface area contributed by atoms with E-state index in [1.807, 2.05) is 17.0 Å². The summed E-state index contributed by atoms with van der Waals surface area (Å²) in [5.41, 5.74) is 0.144. The summed E-state index contributed by atoms with van der Waals surface area (Å²) in [7, 11) is 0. The number of nitriles is 3. The SMILES string of the molecule is N#CCCN1CCN(C=C(C#N)C#N)CC1. The number of nitrogens with zero attached hydrogens (tertiary/aromatic N) is 5. The zero-order chi connectivity index (χ0) is 11.8. The van der Waals surface area contributed by atoms with E-state index in [4.69, 9.17) is 15.8 Å². The molecule has 0 saturated carbocycles. The third-order valence-electron chi connectivity index (χ3n) is 2.50. The Morgan fingerprint density at radius 1 is 1.06 bits per heavy atom. The predicted octanol–water partition coefficient (Wildman–Crippen LogP) is 0.449. The van der Waals surface area contributed by atoms with Crippen LogP contribution in [0.25, 0.3) is 0 Å². The van der Waals surface area contributed by atoms with Crippen LogP contribution in [0.1, 0.15) is 6.42 Å². The smallest absolute Gasteiger partial charge is 0.145 e.